The second-order valence-corrected chi connectivity index (χ2v) is 5.21. The fourth-order valence-electron chi connectivity index (χ4n) is 1.25. The molecule has 0 spiro atoms. The SMILES string of the molecule is CCSCCOc1ccc([C@H](C)O)cc1Cl. The molecule has 0 aromatic heterocycles. The van der Waals surface area contributed by atoms with Crippen LogP contribution in [0.4, 0.5) is 0 Å². The molecule has 0 fully saturated rings. The molecule has 0 aliphatic heterocycles. The van der Waals surface area contributed by atoms with Crippen molar-refractivity contribution in [2.45, 2.75) is 20.0 Å². The number of aliphatic hydroxyl groups is 1. The average Bonchev–Trinajstić information content (AvgIpc) is 2.26. The molecule has 0 bridgehead atoms. The Hall–Kier alpha value is -0.380. The fraction of sp³-hybridized carbons (Fsp3) is 0.500. The summed E-state index contributed by atoms with van der Waals surface area (Å²) >= 11 is 7.88. The van der Waals surface area contributed by atoms with Crippen molar-refractivity contribution in [2.24, 2.45) is 0 Å². The van der Waals surface area contributed by atoms with Crippen molar-refractivity contribution in [3.8, 4) is 5.75 Å². The molecular formula is C12H17ClO2S. The first kappa shape index (κ1) is 13.7. The molecule has 0 saturated heterocycles. The molecule has 1 aromatic rings. The van der Waals surface area contributed by atoms with Crippen LogP contribution in [0.3, 0.4) is 0 Å². The second-order valence-electron chi connectivity index (χ2n) is 3.41. The minimum Gasteiger partial charge on any atom is -0.491 e. The van der Waals surface area contributed by atoms with Gasteiger partial charge < -0.3 is 9.84 Å². The number of aliphatic hydroxyl groups excluding tert-OH is 1. The van der Waals surface area contributed by atoms with Gasteiger partial charge >= 0.3 is 0 Å². The average molecular weight is 261 g/mol. The molecule has 90 valence electrons. The van der Waals surface area contributed by atoms with Gasteiger partial charge in [-0.3, -0.25) is 0 Å². The van der Waals surface area contributed by atoms with Crippen LogP contribution in [-0.2, 0) is 0 Å². The summed E-state index contributed by atoms with van der Waals surface area (Å²) in [6, 6.07) is 5.38. The molecular weight excluding hydrogens is 244 g/mol. The first-order chi connectivity index (χ1) is 7.65. The third-order valence-electron chi connectivity index (χ3n) is 2.13. The summed E-state index contributed by atoms with van der Waals surface area (Å²) in [4.78, 5) is 0. The molecule has 0 aliphatic rings. The van der Waals surface area contributed by atoms with E-state index in [1.807, 2.05) is 17.8 Å². The lowest BCUT2D eigenvalue weighted by Gasteiger charge is -2.10. The van der Waals surface area contributed by atoms with Crippen LogP contribution in [0.1, 0.15) is 25.5 Å². The summed E-state index contributed by atoms with van der Waals surface area (Å²) in [6.45, 7) is 4.49. The second kappa shape index (κ2) is 7.05. The van der Waals surface area contributed by atoms with Crippen molar-refractivity contribution < 1.29 is 9.84 Å². The Labute approximate surface area is 106 Å². The topological polar surface area (TPSA) is 29.5 Å². The zero-order valence-corrected chi connectivity index (χ0v) is 11.1. The van der Waals surface area contributed by atoms with E-state index in [0.717, 1.165) is 17.1 Å². The van der Waals surface area contributed by atoms with Crippen LogP contribution in [0.15, 0.2) is 18.2 Å². The third-order valence-corrected chi connectivity index (χ3v) is 3.29. The van der Waals surface area contributed by atoms with E-state index in [9.17, 15) is 5.11 Å². The number of benzene rings is 1. The number of thioether (sulfide) groups is 1. The van der Waals surface area contributed by atoms with Gasteiger partial charge in [0.05, 0.1) is 17.7 Å². The summed E-state index contributed by atoms with van der Waals surface area (Å²) in [6.07, 6.45) is -0.498. The van der Waals surface area contributed by atoms with Crippen molar-refractivity contribution >= 4 is 23.4 Å². The van der Waals surface area contributed by atoms with Crippen LogP contribution in [0.25, 0.3) is 0 Å². The molecule has 1 rings (SSSR count). The summed E-state index contributed by atoms with van der Waals surface area (Å²) in [7, 11) is 0. The van der Waals surface area contributed by atoms with Gasteiger partial charge in [0, 0.05) is 5.75 Å². The summed E-state index contributed by atoms with van der Waals surface area (Å²) in [5, 5.41) is 9.94. The maximum atomic E-state index is 9.38. The predicted molar refractivity (Wildman–Crippen MR) is 70.6 cm³/mol. The monoisotopic (exact) mass is 260 g/mol. The van der Waals surface area contributed by atoms with Gasteiger partial charge in [-0.25, -0.2) is 0 Å². The fourth-order valence-corrected chi connectivity index (χ4v) is 1.98. The smallest absolute Gasteiger partial charge is 0.137 e. The molecule has 0 amide bonds. The lowest BCUT2D eigenvalue weighted by atomic mass is 10.1. The number of rotatable bonds is 6. The van der Waals surface area contributed by atoms with E-state index in [0.29, 0.717) is 17.4 Å². The van der Waals surface area contributed by atoms with Crippen molar-refractivity contribution in [3.05, 3.63) is 28.8 Å². The molecule has 1 aromatic carbocycles. The summed E-state index contributed by atoms with van der Waals surface area (Å²) in [5.74, 6) is 2.74. The van der Waals surface area contributed by atoms with Crippen molar-refractivity contribution in [1.82, 2.24) is 0 Å². The van der Waals surface area contributed by atoms with E-state index in [2.05, 4.69) is 6.92 Å². The lowest BCUT2D eigenvalue weighted by molar-refractivity contribution is 0.199. The first-order valence-corrected chi connectivity index (χ1v) is 6.86. The molecule has 0 unspecified atom stereocenters. The number of hydrogen-bond acceptors (Lipinski definition) is 3. The molecule has 1 N–H and O–H groups in total. The van der Waals surface area contributed by atoms with Crippen molar-refractivity contribution in [2.75, 3.05) is 18.1 Å². The maximum Gasteiger partial charge on any atom is 0.137 e. The number of hydrogen-bond donors (Lipinski definition) is 1. The van der Waals surface area contributed by atoms with E-state index in [-0.39, 0.29) is 0 Å². The summed E-state index contributed by atoms with van der Waals surface area (Å²) in [5.41, 5.74) is 0.806. The van der Waals surface area contributed by atoms with Gasteiger partial charge in [0.15, 0.2) is 0 Å². The highest BCUT2D eigenvalue weighted by atomic mass is 35.5. The normalized spacial score (nSPS) is 12.5. The minimum absolute atomic E-state index is 0.498. The van der Waals surface area contributed by atoms with Crippen molar-refractivity contribution in [3.63, 3.8) is 0 Å². The first-order valence-electron chi connectivity index (χ1n) is 5.33. The van der Waals surface area contributed by atoms with Gasteiger partial charge in [-0.2, -0.15) is 11.8 Å². The molecule has 4 heteroatoms. The van der Waals surface area contributed by atoms with E-state index in [1.54, 1.807) is 19.1 Å². The summed E-state index contributed by atoms with van der Waals surface area (Å²) < 4.78 is 5.54. The predicted octanol–water partition coefficient (Wildman–Crippen LogP) is 3.53. The van der Waals surface area contributed by atoms with E-state index in [1.165, 1.54) is 0 Å². The molecule has 0 heterocycles. The van der Waals surface area contributed by atoms with Crippen LogP contribution >= 0.6 is 23.4 Å². The third kappa shape index (κ3) is 4.24. The molecule has 0 aliphatic carbocycles. The highest BCUT2D eigenvalue weighted by Crippen LogP contribution is 2.27. The molecule has 16 heavy (non-hydrogen) atoms. The van der Waals surface area contributed by atoms with Crippen LogP contribution in [0, 0.1) is 0 Å². The van der Waals surface area contributed by atoms with E-state index >= 15 is 0 Å². The Morgan fingerprint density at radius 2 is 2.25 bits per heavy atom. The van der Waals surface area contributed by atoms with Crippen LogP contribution < -0.4 is 4.74 Å². The Bertz CT molecular complexity index is 329. The zero-order valence-electron chi connectivity index (χ0n) is 9.57. The maximum absolute atomic E-state index is 9.38. The lowest BCUT2D eigenvalue weighted by Crippen LogP contribution is -2.01. The van der Waals surface area contributed by atoms with E-state index in [4.69, 9.17) is 16.3 Å². The Morgan fingerprint density at radius 3 is 2.81 bits per heavy atom. The van der Waals surface area contributed by atoms with Gasteiger partial charge in [0.1, 0.15) is 5.75 Å². The quantitative estimate of drug-likeness (QED) is 0.794. The van der Waals surface area contributed by atoms with Gasteiger partial charge in [-0.1, -0.05) is 24.6 Å². The standard InChI is InChI=1S/C12H17ClO2S/c1-3-16-7-6-15-12-5-4-10(9(2)14)8-11(12)13/h4-5,8-9,14H,3,6-7H2,1-2H3/t9-/m0/s1. The minimum atomic E-state index is -0.498. The van der Waals surface area contributed by atoms with Crippen LogP contribution in [0.5, 0.6) is 5.75 Å². The number of halogens is 1. The Balaban J connectivity index is 2.54. The Morgan fingerprint density at radius 1 is 1.50 bits per heavy atom. The van der Waals surface area contributed by atoms with Gasteiger partial charge in [-0.05, 0) is 30.4 Å². The highest BCUT2D eigenvalue weighted by Gasteiger charge is 2.06. The largest absolute Gasteiger partial charge is 0.491 e. The molecule has 2 nitrogen and oxygen atoms in total. The number of ether oxygens (including phenoxy) is 1. The van der Waals surface area contributed by atoms with Crippen LogP contribution in [-0.4, -0.2) is 23.2 Å². The van der Waals surface area contributed by atoms with Gasteiger partial charge in [-0.15, -0.1) is 0 Å². The zero-order chi connectivity index (χ0) is 12.0. The highest BCUT2D eigenvalue weighted by molar-refractivity contribution is 7.99. The van der Waals surface area contributed by atoms with Gasteiger partial charge in [0.25, 0.3) is 0 Å². The van der Waals surface area contributed by atoms with Gasteiger partial charge in [0.2, 0.25) is 0 Å². The van der Waals surface area contributed by atoms with Crippen molar-refractivity contribution in [1.29, 1.82) is 0 Å². The molecule has 0 saturated carbocycles. The Kier molecular flexibility index (Phi) is 6.03. The van der Waals surface area contributed by atoms with E-state index < -0.39 is 6.10 Å². The van der Waals surface area contributed by atoms with Crippen LogP contribution in [0.2, 0.25) is 5.02 Å². The molecule has 0 radical (unpaired) electrons. The molecule has 1 atom stereocenters.